The van der Waals surface area contributed by atoms with Crippen molar-refractivity contribution in [1.29, 1.82) is 0 Å². The molecule has 0 radical (unpaired) electrons. The second-order valence-corrected chi connectivity index (χ2v) is 9.26. The van der Waals surface area contributed by atoms with Crippen LogP contribution >= 0.6 is 31.9 Å². The van der Waals surface area contributed by atoms with Gasteiger partial charge in [0.15, 0.2) is 11.5 Å². The summed E-state index contributed by atoms with van der Waals surface area (Å²) < 4.78 is 14.4. The van der Waals surface area contributed by atoms with Gasteiger partial charge >= 0.3 is 0 Å². The molecule has 0 atom stereocenters. The Hall–Kier alpha value is -2.97. The maximum Gasteiger partial charge on any atom is 0.282 e. The summed E-state index contributed by atoms with van der Waals surface area (Å²) >= 11 is 6.97. The fourth-order valence-corrected chi connectivity index (χ4v) is 4.37. The molecule has 4 rings (SSSR count). The Morgan fingerprint density at radius 2 is 1.91 bits per heavy atom. The molecule has 33 heavy (non-hydrogen) atoms. The molecule has 3 aromatic carbocycles. The molecule has 4 aromatic rings. The molecule has 0 N–H and O–H groups in total. The number of aryl methyl sites for hydroxylation is 2. The van der Waals surface area contributed by atoms with Crippen LogP contribution in [0.25, 0.3) is 10.9 Å². The minimum Gasteiger partial charge on any atom is -0.493 e. The zero-order valence-electron chi connectivity index (χ0n) is 18.3. The zero-order valence-corrected chi connectivity index (χ0v) is 21.5. The summed E-state index contributed by atoms with van der Waals surface area (Å²) in [5.41, 5.74) is 3.38. The van der Waals surface area contributed by atoms with E-state index >= 15 is 0 Å². The monoisotopic (exact) mass is 569 g/mol. The van der Waals surface area contributed by atoms with Crippen LogP contribution in [0.1, 0.15) is 22.5 Å². The lowest BCUT2D eigenvalue weighted by atomic mass is 10.1. The van der Waals surface area contributed by atoms with Crippen LogP contribution in [0.3, 0.4) is 0 Å². The molecular formula is C25H21Br2N3O3. The van der Waals surface area contributed by atoms with Gasteiger partial charge in [-0.15, -0.1) is 0 Å². The third-order valence-electron chi connectivity index (χ3n) is 5.01. The van der Waals surface area contributed by atoms with E-state index < -0.39 is 0 Å². The number of nitrogens with zero attached hydrogens (tertiary/aromatic N) is 3. The Morgan fingerprint density at radius 3 is 2.67 bits per heavy atom. The molecule has 0 fully saturated rings. The molecule has 0 amide bonds. The number of hydrogen-bond acceptors (Lipinski definition) is 5. The average Bonchev–Trinajstić information content (AvgIpc) is 2.78. The number of hydrogen-bond donors (Lipinski definition) is 0. The molecule has 1 heterocycles. The van der Waals surface area contributed by atoms with Crippen molar-refractivity contribution in [2.45, 2.75) is 20.5 Å². The first-order chi connectivity index (χ1) is 15.9. The largest absolute Gasteiger partial charge is 0.493 e. The van der Waals surface area contributed by atoms with Gasteiger partial charge < -0.3 is 9.47 Å². The van der Waals surface area contributed by atoms with Crippen molar-refractivity contribution in [3.8, 4) is 11.5 Å². The van der Waals surface area contributed by atoms with Crippen molar-refractivity contribution in [2.75, 3.05) is 7.11 Å². The van der Waals surface area contributed by atoms with Gasteiger partial charge in [0, 0.05) is 4.47 Å². The highest BCUT2D eigenvalue weighted by atomic mass is 79.9. The predicted molar refractivity (Wildman–Crippen MR) is 138 cm³/mol. The van der Waals surface area contributed by atoms with Gasteiger partial charge in [0.05, 0.1) is 28.7 Å². The van der Waals surface area contributed by atoms with Crippen LogP contribution in [0, 0.1) is 13.8 Å². The number of methoxy groups -OCH3 is 1. The smallest absolute Gasteiger partial charge is 0.282 e. The fourth-order valence-electron chi connectivity index (χ4n) is 3.43. The molecule has 0 spiro atoms. The summed E-state index contributed by atoms with van der Waals surface area (Å²) in [5, 5.41) is 4.88. The van der Waals surface area contributed by atoms with Crippen molar-refractivity contribution < 1.29 is 9.47 Å². The lowest BCUT2D eigenvalue weighted by Gasteiger charge is -2.14. The second kappa shape index (κ2) is 9.89. The number of aromatic nitrogens is 2. The first kappa shape index (κ1) is 23.2. The van der Waals surface area contributed by atoms with Crippen LogP contribution in [-0.2, 0) is 6.61 Å². The number of rotatable bonds is 6. The van der Waals surface area contributed by atoms with Gasteiger partial charge in [-0.2, -0.15) is 9.78 Å². The zero-order chi connectivity index (χ0) is 23.5. The van der Waals surface area contributed by atoms with Crippen LogP contribution in [0.15, 0.2) is 73.4 Å². The van der Waals surface area contributed by atoms with Gasteiger partial charge in [0.1, 0.15) is 12.4 Å². The molecule has 0 bridgehead atoms. The number of halogens is 2. The molecule has 168 valence electrons. The maximum absolute atomic E-state index is 12.9. The van der Waals surface area contributed by atoms with E-state index in [1.165, 1.54) is 10.2 Å². The molecule has 0 saturated carbocycles. The predicted octanol–water partition coefficient (Wildman–Crippen LogP) is 6.01. The maximum atomic E-state index is 12.9. The molecule has 0 aliphatic rings. The van der Waals surface area contributed by atoms with E-state index in [1.807, 2.05) is 43.3 Å². The van der Waals surface area contributed by atoms with Gasteiger partial charge in [0.2, 0.25) is 0 Å². The molecular weight excluding hydrogens is 550 g/mol. The summed E-state index contributed by atoms with van der Waals surface area (Å²) in [5.74, 6) is 1.65. The molecule has 0 aliphatic carbocycles. The summed E-state index contributed by atoms with van der Waals surface area (Å²) in [6.45, 7) is 4.21. The van der Waals surface area contributed by atoms with E-state index in [0.29, 0.717) is 34.8 Å². The average molecular weight is 571 g/mol. The fraction of sp³-hybridized carbons (Fsp3) is 0.160. The third-order valence-corrected chi connectivity index (χ3v) is 6.09. The standard InChI is InChI=1S/C25H21Br2N3O3/c1-15-5-4-6-17(9-15)14-33-24-21(27)10-18(11-23(24)32-3)13-28-30-16(2)29-22-8-7-19(26)12-20(22)25(30)31/h4-13H,14H2,1-3H3. The Morgan fingerprint density at radius 1 is 1.09 bits per heavy atom. The first-order valence-electron chi connectivity index (χ1n) is 10.1. The van der Waals surface area contributed by atoms with E-state index in [9.17, 15) is 4.79 Å². The summed E-state index contributed by atoms with van der Waals surface area (Å²) in [7, 11) is 1.59. The number of fused-ring (bicyclic) bond motifs is 1. The molecule has 0 aliphatic heterocycles. The van der Waals surface area contributed by atoms with Crippen molar-refractivity contribution in [3.63, 3.8) is 0 Å². The van der Waals surface area contributed by atoms with Crippen LogP contribution in [0.2, 0.25) is 0 Å². The Kier molecular flexibility index (Phi) is 6.95. The van der Waals surface area contributed by atoms with E-state index in [1.54, 1.807) is 32.4 Å². The first-order valence-corrected chi connectivity index (χ1v) is 11.7. The van der Waals surface area contributed by atoms with Crippen molar-refractivity contribution in [1.82, 2.24) is 9.66 Å². The quantitative estimate of drug-likeness (QED) is 0.266. The normalized spacial score (nSPS) is 11.3. The molecule has 8 heteroatoms. The van der Waals surface area contributed by atoms with Gasteiger partial charge in [-0.05, 0) is 71.2 Å². The van der Waals surface area contributed by atoms with Crippen LogP contribution in [0.5, 0.6) is 11.5 Å². The van der Waals surface area contributed by atoms with E-state index in [0.717, 1.165) is 20.1 Å². The van der Waals surface area contributed by atoms with Gasteiger partial charge in [0.25, 0.3) is 5.56 Å². The second-order valence-electron chi connectivity index (χ2n) is 7.49. The van der Waals surface area contributed by atoms with Crippen molar-refractivity contribution in [3.05, 3.63) is 96.4 Å². The highest BCUT2D eigenvalue weighted by molar-refractivity contribution is 9.10. The van der Waals surface area contributed by atoms with Crippen LogP contribution < -0.4 is 15.0 Å². The minimum atomic E-state index is -0.237. The van der Waals surface area contributed by atoms with Gasteiger partial charge in [-0.25, -0.2) is 4.98 Å². The van der Waals surface area contributed by atoms with Crippen molar-refractivity contribution in [2.24, 2.45) is 5.10 Å². The SMILES string of the molecule is COc1cc(C=Nn2c(C)nc3ccc(Br)cc3c2=O)cc(Br)c1OCc1cccc(C)c1. The number of ether oxygens (including phenoxy) is 2. The molecule has 0 saturated heterocycles. The third kappa shape index (κ3) is 5.17. The van der Waals surface area contributed by atoms with Crippen LogP contribution in [-0.4, -0.2) is 23.0 Å². The molecule has 6 nitrogen and oxygen atoms in total. The van der Waals surface area contributed by atoms with Gasteiger partial charge in [-0.3, -0.25) is 4.79 Å². The van der Waals surface area contributed by atoms with Crippen LogP contribution in [0.4, 0.5) is 0 Å². The van der Waals surface area contributed by atoms with E-state index in [4.69, 9.17) is 9.47 Å². The lowest BCUT2D eigenvalue weighted by molar-refractivity contribution is 0.282. The highest BCUT2D eigenvalue weighted by Gasteiger charge is 2.12. The van der Waals surface area contributed by atoms with Crippen molar-refractivity contribution >= 4 is 49.0 Å². The summed E-state index contributed by atoms with van der Waals surface area (Å²) in [6, 6.07) is 17.2. The summed E-state index contributed by atoms with van der Waals surface area (Å²) in [4.78, 5) is 17.4. The molecule has 1 aromatic heterocycles. The minimum absolute atomic E-state index is 0.237. The Labute approximate surface area is 208 Å². The Bertz CT molecular complexity index is 1430. The van der Waals surface area contributed by atoms with E-state index in [2.05, 4.69) is 48.0 Å². The number of benzene rings is 3. The lowest BCUT2D eigenvalue weighted by Crippen LogP contribution is -2.20. The van der Waals surface area contributed by atoms with Gasteiger partial charge in [-0.1, -0.05) is 45.8 Å². The molecule has 0 unspecified atom stereocenters. The Balaban J connectivity index is 1.64. The highest BCUT2D eigenvalue weighted by Crippen LogP contribution is 2.37. The summed E-state index contributed by atoms with van der Waals surface area (Å²) in [6.07, 6.45) is 1.59. The topological polar surface area (TPSA) is 65.7 Å². The van der Waals surface area contributed by atoms with E-state index in [-0.39, 0.29) is 5.56 Å².